The summed E-state index contributed by atoms with van der Waals surface area (Å²) in [5.41, 5.74) is 1.17. The van der Waals surface area contributed by atoms with Gasteiger partial charge in [0.25, 0.3) is 0 Å². The van der Waals surface area contributed by atoms with Crippen LogP contribution >= 0.6 is 15.9 Å². The molecule has 2 aromatic carbocycles. The molecule has 3 heterocycles. The second-order valence-electron chi connectivity index (χ2n) is 8.24. The Morgan fingerprint density at radius 1 is 1.23 bits per heavy atom. The van der Waals surface area contributed by atoms with Gasteiger partial charge in [0, 0.05) is 27.8 Å². The summed E-state index contributed by atoms with van der Waals surface area (Å²) in [6.07, 6.45) is 2.66. The first-order chi connectivity index (χ1) is 15.0. The van der Waals surface area contributed by atoms with Crippen LogP contribution in [0.2, 0.25) is 0 Å². The SMILES string of the molecule is COc1ccc(OC)c(NC(=O)[C@@H]2C[C@H]3CCCN3[C@]23C(=O)Nc2ccc(Br)cc23)c1. The van der Waals surface area contributed by atoms with Crippen molar-refractivity contribution in [3.8, 4) is 11.5 Å². The minimum Gasteiger partial charge on any atom is -0.497 e. The highest BCUT2D eigenvalue weighted by Gasteiger charge is 2.65. The van der Waals surface area contributed by atoms with Crippen molar-refractivity contribution in [3.05, 3.63) is 46.4 Å². The van der Waals surface area contributed by atoms with Gasteiger partial charge in [0.1, 0.15) is 17.0 Å². The lowest BCUT2D eigenvalue weighted by atomic mass is 9.78. The van der Waals surface area contributed by atoms with Crippen LogP contribution in [0, 0.1) is 5.92 Å². The maximum Gasteiger partial charge on any atom is 0.250 e. The van der Waals surface area contributed by atoms with Crippen molar-refractivity contribution in [2.45, 2.75) is 30.8 Å². The molecule has 0 radical (unpaired) electrons. The third-order valence-electron chi connectivity index (χ3n) is 6.81. The molecule has 0 aliphatic carbocycles. The molecule has 31 heavy (non-hydrogen) atoms. The lowest BCUT2D eigenvalue weighted by molar-refractivity contribution is -0.135. The van der Waals surface area contributed by atoms with E-state index in [0.717, 1.165) is 35.1 Å². The molecule has 3 aliphatic heterocycles. The standard InChI is InChI=1S/C23H24BrN3O4/c1-30-15-6-8-20(31-2)19(12-15)25-21(28)17-11-14-4-3-9-27(14)23(17)16-10-13(24)5-7-18(16)26-22(23)29/h5-8,10,12,14,17H,3-4,9,11H2,1-2H3,(H,25,28)(H,26,29)/t14-,17+,23+/m1/s1. The Kier molecular flexibility index (Phi) is 4.94. The van der Waals surface area contributed by atoms with E-state index in [1.807, 2.05) is 18.2 Å². The number of nitrogens with one attached hydrogen (secondary N) is 2. The third-order valence-corrected chi connectivity index (χ3v) is 7.30. The smallest absolute Gasteiger partial charge is 0.250 e. The fraction of sp³-hybridized carbons (Fsp3) is 0.391. The van der Waals surface area contributed by atoms with Gasteiger partial charge >= 0.3 is 0 Å². The Hall–Kier alpha value is -2.58. The Morgan fingerprint density at radius 2 is 2.06 bits per heavy atom. The summed E-state index contributed by atoms with van der Waals surface area (Å²) in [6.45, 7) is 0.802. The van der Waals surface area contributed by atoms with Crippen molar-refractivity contribution >= 4 is 39.1 Å². The number of ether oxygens (including phenoxy) is 2. The van der Waals surface area contributed by atoms with E-state index in [2.05, 4.69) is 31.5 Å². The van der Waals surface area contributed by atoms with E-state index in [1.54, 1.807) is 32.4 Å². The zero-order valence-corrected chi connectivity index (χ0v) is 19.0. The van der Waals surface area contributed by atoms with Crippen molar-refractivity contribution in [1.82, 2.24) is 4.90 Å². The van der Waals surface area contributed by atoms with Crippen LogP contribution in [-0.4, -0.2) is 43.5 Å². The molecule has 2 N–H and O–H groups in total. The molecule has 2 amide bonds. The van der Waals surface area contributed by atoms with E-state index in [0.29, 0.717) is 23.6 Å². The van der Waals surface area contributed by atoms with Crippen LogP contribution in [0.5, 0.6) is 11.5 Å². The van der Waals surface area contributed by atoms with Gasteiger partial charge in [-0.2, -0.15) is 0 Å². The predicted octanol–water partition coefficient (Wildman–Crippen LogP) is 3.74. The number of amides is 2. The highest BCUT2D eigenvalue weighted by molar-refractivity contribution is 9.10. The van der Waals surface area contributed by atoms with Crippen LogP contribution < -0.4 is 20.1 Å². The molecule has 2 aromatic rings. The first kappa shape index (κ1) is 20.3. The lowest BCUT2D eigenvalue weighted by Crippen LogP contribution is -2.53. The number of fused-ring (bicyclic) bond motifs is 4. The molecule has 2 saturated heterocycles. The highest BCUT2D eigenvalue weighted by Crippen LogP contribution is 2.56. The molecular formula is C23H24BrN3O4. The number of rotatable bonds is 4. The van der Waals surface area contributed by atoms with Crippen LogP contribution in [0.1, 0.15) is 24.8 Å². The van der Waals surface area contributed by atoms with E-state index in [-0.39, 0.29) is 17.9 Å². The van der Waals surface area contributed by atoms with Crippen LogP contribution in [0.25, 0.3) is 0 Å². The van der Waals surface area contributed by atoms with E-state index >= 15 is 0 Å². The second-order valence-corrected chi connectivity index (χ2v) is 9.16. The van der Waals surface area contributed by atoms with Gasteiger partial charge in [-0.15, -0.1) is 0 Å². The van der Waals surface area contributed by atoms with Gasteiger partial charge in [0.05, 0.1) is 25.8 Å². The first-order valence-corrected chi connectivity index (χ1v) is 11.2. The zero-order chi connectivity index (χ0) is 21.8. The number of hydrogen-bond acceptors (Lipinski definition) is 5. The highest BCUT2D eigenvalue weighted by atomic mass is 79.9. The van der Waals surface area contributed by atoms with Crippen LogP contribution in [0.15, 0.2) is 40.9 Å². The maximum absolute atomic E-state index is 13.7. The number of benzene rings is 2. The first-order valence-electron chi connectivity index (χ1n) is 10.4. The Labute approximate surface area is 189 Å². The van der Waals surface area contributed by atoms with Gasteiger partial charge in [-0.3, -0.25) is 14.5 Å². The van der Waals surface area contributed by atoms with Crippen molar-refractivity contribution in [1.29, 1.82) is 0 Å². The number of carbonyl (C=O) groups is 2. The summed E-state index contributed by atoms with van der Waals surface area (Å²) in [5, 5.41) is 6.06. The molecular weight excluding hydrogens is 462 g/mol. The predicted molar refractivity (Wildman–Crippen MR) is 120 cm³/mol. The maximum atomic E-state index is 13.7. The summed E-state index contributed by atoms with van der Waals surface area (Å²) in [7, 11) is 3.13. The number of hydrogen-bond donors (Lipinski definition) is 2. The molecule has 7 nitrogen and oxygen atoms in total. The van der Waals surface area contributed by atoms with Gasteiger partial charge in [-0.05, 0) is 56.1 Å². The quantitative estimate of drug-likeness (QED) is 0.689. The average molecular weight is 486 g/mol. The molecule has 3 atom stereocenters. The summed E-state index contributed by atoms with van der Waals surface area (Å²) in [4.78, 5) is 29.4. The fourth-order valence-corrected chi connectivity index (χ4v) is 5.89. The Bertz CT molecular complexity index is 1070. The molecule has 5 rings (SSSR count). The number of nitrogens with zero attached hydrogens (tertiary/aromatic N) is 1. The Balaban J connectivity index is 1.57. The van der Waals surface area contributed by atoms with E-state index in [1.165, 1.54) is 0 Å². The number of methoxy groups -OCH3 is 2. The van der Waals surface area contributed by atoms with Crippen LogP contribution in [0.4, 0.5) is 11.4 Å². The van der Waals surface area contributed by atoms with E-state index < -0.39 is 11.5 Å². The molecule has 8 heteroatoms. The molecule has 0 bridgehead atoms. The summed E-state index contributed by atoms with van der Waals surface area (Å²) < 4.78 is 11.6. The summed E-state index contributed by atoms with van der Waals surface area (Å²) in [5.74, 6) is 0.322. The van der Waals surface area contributed by atoms with Crippen molar-refractivity contribution in [3.63, 3.8) is 0 Å². The van der Waals surface area contributed by atoms with Crippen LogP contribution in [0.3, 0.4) is 0 Å². The normalized spacial score (nSPS) is 26.5. The molecule has 0 saturated carbocycles. The van der Waals surface area contributed by atoms with Gasteiger partial charge in [-0.25, -0.2) is 0 Å². The largest absolute Gasteiger partial charge is 0.497 e. The van der Waals surface area contributed by atoms with Crippen molar-refractivity contribution in [2.75, 3.05) is 31.4 Å². The van der Waals surface area contributed by atoms with E-state index in [4.69, 9.17) is 9.47 Å². The van der Waals surface area contributed by atoms with Crippen molar-refractivity contribution < 1.29 is 19.1 Å². The van der Waals surface area contributed by atoms with Gasteiger partial charge in [-0.1, -0.05) is 15.9 Å². The molecule has 2 fully saturated rings. The Morgan fingerprint density at radius 3 is 2.84 bits per heavy atom. The molecule has 1 spiro atoms. The third kappa shape index (κ3) is 2.96. The number of halogens is 1. The monoisotopic (exact) mass is 485 g/mol. The van der Waals surface area contributed by atoms with Gasteiger partial charge in [0.15, 0.2) is 0 Å². The molecule has 0 unspecified atom stereocenters. The summed E-state index contributed by atoms with van der Waals surface area (Å²) >= 11 is 3.54. The average Bonchev–Trinajstić information content (AvgIpc) is 3.42. The topological polar surface area (TPSA) is 79.9 Å². The minimum absolute atomic E-state index is 0.122. The van der Waals surface area contributed by atoms with Gasteiger partial charge in [0.2, 0.25) is 11.8 Å². The van der Waals surface area contributed by atoms with E-state index in [9.17, 15) is 9.59 Å². The number of carbonyl (C=O) groups excluding carboxylic acids is 2. The summed E-state index contributed by atoms with van der Waals surface area (Å²) in [6, 6.07) is 11.3. The van der Waals surface area contributed by atoms with Gasteiger partial charge < -0.3 is 20.1 Å². The second kappa shape index (κ2) is 7.53. The minimum atomic E-state index is -1.00. The lowest BCUT2D eigenvalue weighted by Gasteiger charge is -2.36. The fourth-order valence-electron chi connectivity index (χ4n) is 5.53. The molecule has 0 aromatic heterocycles. The van der Waals surface area contributed by atoms with Crippen molar-refractivity contribution in [2.24, 2.45) is 5.92 Å². The molecule has 162 valence electrons. The molecule has 3 aliphatic rings. The zero-order valence-electron chi connectivity index (χ0n) is 17.4. The number of anilines is 2. The van der Waals surface area contributed by atoms with Crippen LogP contribution in [-0.2, 0) is 15.1 Å².